The molecule has 0 aromatic rings. The summed E-state index contributed by atoms with van der Waals surface area (Å²) in [7, 11) is 0. The molecule has 72 valence electrons. The molecule has 4 nitrogen and oxygen atoms in total. The highest BCUT2D eigenvalue weighted by molar-refractivity contribution is 5.77. The summed E-state index contributed by atoms with van der Waals surface area (Å²) in [5, 5.41) is 11.8. The highest BCUT2D eigenvalue weighted by Crippen LogP contribution is 2.00. The standard InChI is InChI=1S/C8H18N2O2/c1-8(2,3)10-7(12)4-6(11)5-9/h6,11H,4-5,9H2,1-3H3,(H,10,12). The van der Waals surface area contributed by atoms with Crippen molar-refractivity contribution < 1.29 is 9.90 Å². The Kier molecular flexibility index (Phi) is 4.20. The van der Waals surface area contributed by atoms with E-state index in [2.05, 4.69) is 5.32 Å². The third kappa shape index (κ3) is 6.12. The summed E-state index contributed by atoms with van der Waals surface area (Å²) in [6.45, 7) is 5.79. The summed E-state index contributed by atoms with van der Waals surface area (Å²) in [6.07, 6.45) is -0.652. The minimum Gasteiger partial charge on any atom is -0.391 e. The van der Waals surface area contributed by atoms with Crippen LogP contribution in [-0.4, -0.2) is 29.2 Å². The van der Waals surface area contributed by atoms with Crippen molar-refractivity contribution in [2.24, 2.45) is 5.73 Å². The van der Waals surface area contributed by atoms with E-state index in [1.807, 2.05) is 20.8 Å². The molecule has 4 N–H and O–H groups in total. The second-order valence-electron chi connectivity index (χ2n) is 3.89. The van der Waals surface area contributed by atoms with Crippen LogP contribution in [-0.2, 0) is 4.79 Å². The maximum absolute atomic E-state index is 11.1. The number of hydrogen-bond acceptors (Lipinski definition) is 3. The van der Waals surface area contributed by atoms with E-state index in [-0.39, 0.29) is 24.4 Å². The molecule has 0 bridgehead atoms. The zero-order chi connectivity index (χ0) is 9.78. The first-order chi connectivity index (χ1) is 5.35. The molecule has 0 saturated carbocycles. The molecule has 0 aromatic heterocycles. The van der Waals surface area contributed by atoms with E-state index in [1.165, 1.54) is 0 Å². The molecule has 0 heterocycles. The highest BCUT2D eigenvalue weighted by Gasteiger charge is 2.15. The zero-order valence-electron chi connectivity index (χ0n) is 7.92. The molecular weight excluding hydrogens is 156 g/mol. The third-order valence-electron chi connectivity index (χ3n) is 1.21. The lowest BCUT2D eigenvalue weighted by atomic mass is 10.1. The maximum Gasteiger partial charge on any atom is 0.223 e. The van der Waals surface area contributed by atoms with E-state index in [0.717, 1.165) is 0 Å². The molecule has 0 aliphatic carbocycles. The summed E-state index contributed by atoms with van der Waals surface area (Å²) in [6, 6.07) is 0. The number of nitrogens with one attached hydrogen (secondary N) is 1. The second-order valence-corrected chi connectivity index (χ2v) is 3.89. The summed E-state index contributed by atoms with van der Waals surface area (Å²) >= 11 is 0. The van der Waals surface area contributed by atoms with Gasteiger partial charge in [-0.15, -0.1) is 0 Å². The number of carbonyl (C=O) groups is 1. The normalized spacial score (nSPS) is 14.1. The monoisotopic (exact) mass is 174 g/mol. The van der Waals surface area contributed by atoms with Crippen LogP contribution in [0.15, 0.2) is 0 Å². The average molecular weight is 174 g/mol. The summed E-state index contributed by atoms with van der Waals surface area (Å²) in [4.78, 5) is 11.1. The molecule has 4 heteroatoms. The molecule has 1 unspecified atom stereocenters. The van der Waals surface area contributed by atoms with Gasteiger partial charge in [0.25, 0.3) is 0 Å². The van der Waals surface area contributed by atoms with Crippen molar-refractivity contribution in [2.45, 2.75) is 38.8 Å². The van der Waals surface area contributed by atoms with E-state index in [1.54, 1.807) is 0 Å². The van der Waals surface area contributed by atoms with Crippen LogP contribution in [0, 0.1) is 0 Å². The molecule has 0 saturated heterocycles. The summed E-state index contributed by atoms with van der Waals surface area (Å²) in [5.74, 6) is -0.166. The zero-order valence-corrected chi connectivity index (χ0v) is 7.92. The molecule has 0 aliphatic heterocycles. The van der Waals surface area contributed by atoms with Gasteiger partial charge in [0, 0.05) is 12.1 Å². The Balaban J connectivity index is 3.75. The van der Waals surface area contributed by atoms with E-state index in [4.69, 9.17) is 10.8 Å². The Labute approximate surface area is 73.1 Å². The van der Waals surface area contributed by atoms with Crippen molar-refractivity contribution in [1.82, 2.24) is 5.32 Å². The summed E-state index contributed by atoms with van der Waals surface area (Å²) in [5.41, 5.74) is 4.91. The minimum atomic E-state index is -0.729. The lowest BCUT2D eigenvalue weighted by Gasteiger charge is -2.21. The summed E-state index contributed by atoms with van der Waals surface area (Å²) < 4.78 is 0. The van der Waals surface area contributed by atoms with Crippen LogP contribution in [0.1, 0.15) is 27.2 Å². The van der Waals surface area contributed by atoms with Crippen molar-refractivity contribution in [3.8, 4) is 0 Å². The lowest BCUT2D eigenvalue weighted by molar-refractivity contribution is -0.124. The van der Waals surface area contributed by atoms with Gasteiger partial charge in [0.15, 0.2) is 0 Å². The number of amides is 1. The molecule has 12 heavy (non-hydrogen) atoms. The lowest BCUT2D eigenvalue weighted by Crippen LogP contribution is -2.42. The van der Waals surface area contributed by atoms with Gasteiger partial charge >= 0.3 is 0 Å². The number of nitrogens with two attached hydrogens (primary N) is 1. The Morgan fingerprint density at radius 2 is 2.08 bits per heavy atom. The van der Waals surface area contributed by atoms with Gasteiger partial charge in [-0.25, -0.2) is 0 Å². The van der Waals surface area contributed by atoms with Crippen molar-refractivity contribution >= 4 is 5.91 Å². The molecule has 0 spiro atoms. The molecule has 0 radical (unpaired) electrons. The number of hydrogen-bond donors (Lipinski definition) is 3. The van der Waals surface area contributed by atoms with E-state index >= 15 is 0 Å². The van der Waals surface area contributed by atoms with Gasteiger partial charge in [0.2, 0.25) is 5.91 Å². The van der Waals surface area contributed by atoms with Gasteiger partial charge in [0.1, 0.15) is 0 Å². The first-order valence-electron chi connectivity index (χ1n) is 4.04. The second kappa shape index (κ2) is 4.42. The first-order valence-corrected chi connectivity index (χ1v) is 4.04. The van der Waals surface area contributed by atoms with Gasteiger partial charge in [-0.1, -0.05) is 0 Å². The van der Waals surface area contributed by atoms with Gasteiger partial charge in [-0.2, -0.15) is 0 Å². The van der Waals surface area contributed by atoms with Crippen LogP contribution >= 0.6 is 0 Å². The molecule has 1 atom stereocenters. The quantitative estimate of drug-likeness (QED) is 0.545. The van der Waals surface area contributed by atoms with Crippen LogP contribution in [0.5, 0.6) is 0 Å². The fourth-order valence-electron chi connectivity index (χ4n) is 0.767. The molecule has 0 aliphatic rings. The third-order valence-corrected chi connectivity index (χ3v) is 1.21. The van der Waals surface area contributed by atoms with E-state index in [0.29, 0.717) is 0 Å². The van der Waals surface area contributed by atoms with Crippen LogP contribution in [0.4, 0.5) is 0 Å². The van der Waals surface area contributed by atoms with Crippen LogP contribution in [0.3, 0.4) is 0 Å². The maximum atomic E-state index is 11.1. The van der Waals surface area contributed by atoms with Gasteiger partial charge < -0.3 is 16.2 Å². The number of aliphatic hydroxyl groups is 1. The van der Waals surface area contributed by atoms with Crippen LogP contribution in [0.25, 0.3) is 0 Å². The highest BCUT2D eigenvalue weighted by atomic mass is 16.3. The van der Waals surface area contributed by atoms with Gasteiger partial charge in [-0.3, -0.25) is 4.79 Å². The van der Waals surface area contributed by atoms with E-state index in [9.17, 15) is 4.79 Å². The average Bonchev–Trinajstić information content (AvgIpc) is 1.82. The van der Waals surface area contributed by atoms with Crippen LogP contribution < -0.4 is 11.1 Å². The number of carbonyl (C=O) groups excluding carboxylic acids is 1. The van der Waals surface area contributed by atoms with Crippen LogP contribution in [0.2, 0.25) is 0 Å². The number of aliphatic hydroxyl groups excluding tert-OH is 1. The Hall–Kier alpha value is -0.610. The topological polar surface area (TPSA) is 75.3 Å². The molecule has 0 fully saturated rings. The fourth-order valence-corrected chi connectivity index (χ4v) is 0.767. The Bertz CT molecular complexity index is 152. The van der Waals surface area contributed by atoms with Crippen molar-refractivity contribution in [3.05, 3.63) is 0 Å². The predicted molar refractivity (Wildman–Crippen MR) is 47.6 cm³/mol. The van der Waals surface area contributed by atoms with Crippen molar-refractivity contribution in [2.75, 3.05) is 6.54 Å². The predicted octanol–water partition coefficient (Wildman–Crippen LogP) is -0.389. The molecule has 0 rings (SSSR count). The largest absolute Gasteiger partial charge is 0.391 e. The molecule has 0 aromatic carbocycles. The smallest absolute Gasteiger partial charge is 0.223 e. The van der Waals surface area contributed by atoms with Crippen molar-refractivity contribution in [3.63, 3.8) is 0 Å². The fraction of sp³-hybridized carbons (Fsp3) is 0.875. The SMILES string of the molecule is CC(C)(C)NC(=O)CC(O)CN. The molecular formula is C8H18N2O2. The number of rotatable bonds is 3. The first kappa shape index (κ1) is 11.4. The molecule has 1 amide bonds. The van der Waals surface area contributed by atoms with Gasteiger partial charge in [-0.05, 0) is 20.8 Å². The van der Waals surface area contributed by atoms with E-state index < -0.39 is 6.10 Å². The Morgan fingerprint density at radius 3 is 2.42 bits per heavy atom. The minimum absolute atomic E-state index is 0.0772. The Morgan fingerprint density at radius 1 is 1.58 bits per heavy atom. The van der Waals surface area contributed by atoms with Crippen molar-refractivity contribution in [1.29, 1.82) is 0 Å². The van der Waals surface area contributed by atoms with Gasteiger partial charge in [0.05, 0.1) is 12.5 Å².